The molecule has 0 saturated carbocycles. The topological polar surface area (TPSA) is 43.9 Å². The maximum atomic E-state index is 13.4. The van der Waals surface area contributed by atoms with Crippen molar-refractivity contribution in [3.8, 4) is 0 Å². The average Bonchev–Trinajstić information content (AvgIpc) is 3.10. The summed E-state index contributed by atoms with van der Waals surface area (Å²) in [6.45, 7) is 2.32. The van der Waals surface area contributed by atoms with Crippen LogP contribution >= 0.6 is 0 Å². The van der Waals surface area contributed by atoms with Crippen LogP contribution in [0.1, 0.15) is 29.0 Å². The Kier molecular flexibility index (Phi) is 6.81. The predicted molar refractivity (Wildman–Crippen MR) is 116 cm³/mol. The second kappa shape index (κ2) is 9.52. The molecule has 0 N–H and O–H groups in total. The number of carbonyl (C=O) groups is 2. The molecule has 2 aliphatic rings. The lowest BCUT2D eigenvalue weighted by Crippen LogP contribution is -2.49. The monoisotopic (exact) mass is 499 g/mol. The number of imide groups is 1. The molecule has 0 bridgehead atoms. The highest BCUT2D eigenvalue weighted by Crippen LogP contribution is 2.39. The summed E-state index contributed by atoms with van der Waals surface area (Å²) in [6.07, 6.45) is -9.37. The fraction of sp³-hybridized carbons (Fsp3) is 0.417. The summed E-state index contributed by atoms with van der Waals surface area (Å²) in [5.74, 6) is -2.33. The number of hydrogen-bond donors (Lipinski definition) is 0. The molecule has 2 amide bonds. The average molecular weight is 499 g/mol. The van der Waals surface area contributed by atoms with Crippen LogP contribution in [0.4, 0.5) is 32.0 Å². The Hall–Kier alpha value is -3.08. The molecule has 2 aromatic rings. The van der Waals surface area contributed by atoms with Gasteiger partial charge in [0.05, 0.1) is 17.0 Å². The Morgan fingerprint density at radius 1 is 0.800 bits per heavy atom. The van der Waals surface area contributed by atoms with Crippen molar-refractivity contribution in [2.45, 2.75) is 24.7 Å². The molecule has 2 aromatic carbocycles. The zero-order chi connectivity index (χ0) is 25.4. The van der Waals surface area contributed by atoms with Crippen LogP contribution in [-0.4, -0.2) is 60.9 Å². The molecule has 5 nitrogen and oxygen atoms in total. The van der Waals surface area contributed by atoms with E-state index in [4.69, 9.17) is 0 Å². The summed E-state index contributed by atoms with van der Waals surface area (Å²) in [4.78, 5) is 30.1. The van der Waals surface area contributed by atoms with Gasteiger partial charge in [-0.15, -0.1) is 0 Å². The van der Waals surface area contributed by atoms with Crippen LogP contribution in [0.5, 0.6) is 0 Å². The lowest BCUT2D eigenvalue weighted by atomic mass is 9.92. The van der Waals surface area contributed by atoms with Gasteiger partial charge in [0.1, 0.15) is 0 Å². The number of likely N-dealkylation sites (tertiary alicyclic amines) is 1. The van der Waals surface area contributed by atoms with E-state index >= 15 is 0 Å². The van der Waals surface area contributed by atoms with Crippen molar-refractivity contribution in [3.63, 3.8) is 0 Å². The number of benzene rings is 2. The van der Waals surface area contributed by atoms with E-state index in [-0.39, 0.29) is 18.5 Å². The van der Waals surface area contributed by atoms with Crippen molar-refractivity contribution in [1.82, 2.24) is 9.80 Å². The number of alkyl halides is 6. The van der Waals surface area contributed by atoms with Gasteiger partial charge in [-0.05, 0) is 29.8 Å². The molecule has 0 aliphatic carbocycles. The minimum absolute atomic E-state index is 0.0475. The Balaban J connectivity index is 1.34. The zero-order valence-corrected chi connectivity index (χ0v) is 18.6. The second-order valence-corrected chi connectivity index (χ2v) is 8.60. The van der Waals surface area contributed by atoms with Gasteiger partial charge in [0.15, 0.2) is 0 Å². The summed E-state index contributed by atoms with van der Waals surface area (Å²) in [7, 11) is 0. The van der Waals surface area contributed by atoms with Crippen LogP contribution in [0.15, 0.2) is 48.5 Å². The molecule has 188 valence electrons. The number of rotatable bonds is 5. The summed E-state index contributed by atoms with van der Waals surface area (Å²) in [5.41, 5.74) is -1.37. The van der Waals surface area contributed by atoms with Gasteiger partial charge in [0.2, 0.25) is 11.8 Å². The number of nitrogens with zero attached hydrogens (tertiary/aromatic N) is 3. The van der Waals surface area contributed by atoms with Crippen molar-refractivity contribution < 1.29 is 35.9 Å². The highest BCUT2D eigenvalue weighted by atomic mass is 19.4. The minimum Gasteiger partial charge on any atom is -0.369 e. The van der Waals surface area contributed by atoms with Crippen LogP contribution in [-0.2, 0) is 21.9 Å². The molecule has 1 atom stereocenters. The highest BCUT2D eigenvalue weighted by Gasteiger charge is 2.44. The van der Waals surface area contributed by atoms with E-state index in [1.165, 1.54) is 24.3 Å². The minimum atomic E-state index is -4.63. The first kappa shape index (κ1) is 25.0. The lowest BCUT2D eigenvalue weighted by Gasteiger charge is -2.36. The van der Waals surface area contributed by atoms with Crippen LogP contribution < -0.4 is 4.90 Å². The molecule has 0 aromatic heterocycles. The van der Waals surface area contributed by atoms with E-state index in [2.05, 4.69) is 0 Å². The number of piperazine rings is 1. The quantitative estimate of drug-likeness (QED) is 0.452. The smallest absolute Gasteiger partial charge is 0.369 e. The Morgan fingerprint density at radius 2 is 1.49 bits per heavy atom. The largest absolute Gasteiger partial charge is 0.416 e. The Labute approximate surface area is 197 Å². The van der Waals surface area contributed by atoms with Crippen LogP contribution in [0.25, 0.3) is 0 Å². The van der Waals surface area contributed by atoms with E-state index in [1.54, 1.807) is 6.07 Å². The first-order valence-electron chi connectivity index (χ1n) is 11.1. The number of amides is 2. The third-order valence-electron chi connectivity index (χ3n) is 6.44. The maximum absolute atomic E-state index is 13.4. The molecular weight excluding hydrogens is 476 g/mol. The van der Waals surface area contributed by atoms with Crippen LogP contribution in [0, 0.1) is 0 Å². The van der Waals surface area contributed by atoms with Crippen molar-refractivity contribution in [2.75, 3.05) is 44.2 Å². The molecule has 11 heteroatoms. The molecule has 1 unspecified atom stereocenters. The SMILES string of the molecule is O=C1CC(c2ccccc2C(F)(F)F)C(=O)N1CCN1CCN(c2cccc(C(F)(F)F)c2)CC1. The van der Waals surface area contributed by atoms with Gasteiger partial charge >= 0.3 is 12.4 Å². The zero-order valence-electron chi connectivity index (χ0n) is 18.6. The predicted octanol–water partition coefficient (Wildman–Crippen LogP) is 4.39. The van der Waals surface area contributed by atoms with Gasteiger partial charge in [-0.1, -0.05) is 24.3 Å². The molecule has 0 radical (unpaired) electrons. The lowest BCUT2D eigenvalue weighted by molar-refractivity contribution is -0.140. The normalized spacial score (nSPS) is 20.1. The Bertz CT molecular complexity index is 1090. The third kappa shape index (κ3) is 5.44. The summed E-state index contributed by atoms with van der Waals surface area (Å²) in [6, 6.07) is 9.89. The first-order chi connectivity index (χ1) is 16.4. The highest BCUT2D eigenvalue weighted by molar-refractivity contribution is 6.06. The van der Waals surface area contributed by atoms with Gasteiger partial charge in [-0.25, -0.2) is 0 Å². The summed E-state index contributed by atoms with van der Waals surface area (Å²) >= 11 is 0. The molecule has 2 fully saturated rings. The van der Waals surface area contributed by atoms with E-state index in [1.807, 2.05) is 9.80 Å². The molecule has 4 rings (SSSR count). The van der Waals surface area contributed by atoms with Gasteiger partial charge in [-0.3, -0.25) is 19.4 Å². The number of hydrogen-bond acceptors (Lipinski definition) is 4. The van der Waals surface area contributed by atoms with Crippen molar-refractivity contribution in [2.24, 2.45) is 0 Å². The number of halogens is 6. The second-order valence-electron chi connectivity index (χ2n) is 8.60. The standard InChI is InChI=1S/C24H23F6N3O2/c25-23(26,27)16-4-3-5-17(14-16)32-11-8-31(9-12-32)10-13-33-21(34)15-19(22(33)35)18-6-1-2-7-20(18)24(28,29)30/h1-7,14,19H,8-13,15H2. The molecule has 0 spiro atoms. The van der Waals surface area contributed by atoms with E-state index in [0.29, 0.717) is 38.4 Å². The van der Waals surface area contributed by atoms with E-state index < -0.39 is 41.2 Å². The number of anilines is 1. The van der Waals surface area contributed by atoms with Gasteiger partial charge in [0, 0.05) is 51.4 Å². The number of carbonyl (C=O) groups excluding carboxylic acids is 2. The molecule has 2 saturated heterocycles. The third-order valence-corrected chi connectivity index (χ3v) is 6.44. The van der Waals surface area contributed by atoms with Gasteiger partial charge in [0.25, 0.3) is 0 Å². The fourth-order valence-electron chi connectivity index (χ4n) is 4.57. The molecule has 35 heavy (non-hydrogen) atoms. The van der Waals surface area contributed by atoms with Crippen molar-refractivity contribution in [1.29, 1.82) is 0 Å². The van der Waals surface area contributed by atoms with Crippen molar-refractivity contribution >= 4 is 17.5 Å². The summed E-state index contributed by atoms with van der Waals surface area (Å²) < 4.78 is 79.1. The molecule has 2 heterocycles. The van der Waals surface area contributed by atoms with Gasteiger partial charge < -0.3 is 4.90 Å². The van der Waals surface area contributed by atoms with Crippen LogP contribution in [0.3, 0.4) is 0 Å². The van der Waals surface area contributed by atoms with E-state index in [9.17, 15) is 35.9 Å². The van der Waals surface area contributed by atoms with Gasteiger partial charge in [-0.2, -0.15) is 26.3 Å². The maximum Gasteiger partial charge on any atom is 0.416 e. The Morgan fingerprint density at radius 3 is 2.14 bits per heavy atom. The summed E-state index contributed by atoms with van der Waals surface area (Å²) in [5, 5.41) is 0. The first-order valence-corrected chi connectivity index (χ1v) is 11.1. The fourth-order valence-corrected chi connectivity index (χ4v) is 4.57. The molecule has 2 aliphatic heterocycles. The van der Waals surface area contributed by atoms with E-state index in [0.717, 1.165) is 23.1 Å². The van der Waals surface area contributed by atoms with Crippen molar-refractivity contribution in [3.05, 3.63) is 65.2 Å². The van der Waals surface area contributed by atoms with Crippen LogP contribution in [0.2, 0.25) is 0 Å². The molecular formula is C24H23F6N3O2.